The van der Waals surface area contributed by atoms with Crippen molar-refractivity contribution in [2.45, 2.75) is 6.92 Å². The molecule has 1 heterocycles. The van der Waals surface area contributed by atoms with E-state index in [-0.39, 0.29) is 11.4 Å². The van der Waals surface area contributed by atoms with E-state index in [1.54, 1.807) is 6.07 Å². The third-order valence-corrected chi connectivity index (χ3v) is 3.42. The van der Waals surface area contributed by atoms with Crippen LogP contribution in [0.5, 0.6) is 0 Å². The van der Waals surface area contributed by atoms with Crippen LogP contribution >= 0.6 is 0 Å². The molecule has 0 bridgehead atoms. The molecule has 1 N–H and O–H groups in total. The molecule has 0 unspecified atom stereocenters. The standard InChI is InChI=1S/C17H12F2N2O/c1-10-3-2-4-13-12(10)7-8-20-16(13)17(22)21-15-6-5-11(18)9-14(15)19/h2-9H,1H3,(H,21,22). The Bertz CT molecular complexity index is 878. The number of fused-ring (bicyclic) bond motifs is 1. The van der Waals surface area contributed by atoms with Crippen molar-refractivity contribution in [2.24, 2.45) is 0 Å². The van der Waals surface area contributed by atoms with Crippen molar-refractivity contribution in [3.05, 3.63) is 71.6 Å². The van der Waals surface area contributed by atoms with Crippen molar-refractivity contribution in [2.75, 3.05) is 5.32 Å². The predicted molar refractivity (Wildman–Crippen MR) is 80.8 cm³/mol. The summed E-state index contributed by atoms with van der Waals surface area (Å²) in [7, 11) is 0. The van der Waals surface area contributed by atoms with Crippen LogP contribution in [0.3, 0.4) is 0 Å². The number of aromatic nitrogens is 1. The minimum absolute atomic E-state index is 0.0853. The number of pyridine rings is 1. The van der Waals surface area contributed by atoms with Crippen molar-refractivity contribution in [1.82, 2.24) is 4.98 Å². The van der Waals surface area contributed by atoms with Gasteiger partial charge in [0, 0.05) is 17.6 Å². The zero-order valence-corrected chi connectivity index (χ0v) is 11.7. The van der Waals surface area contributed by atoms with Crippen LogP contribution in [-0.2, 0) is 0 Å². The molecule has 110 valence electrons. The number of rotatable bonds is 2. The highest BCUT2D eigenvalue weighted by Crippen LogP contribution is 2.22. The maximum atomic E-state index is 13.6. The molecule has 0 radical (unpaired) electrons. The topological polar surface area (TPSA) is 42.0 Å². The molecule has 2 aromatic carbocycles. The first-order chi connectivity index (χ1) is 10.6. The van der Waals surface area contributed by atoms with Gasteiger partial charge in [-0.15, -0.1) is 0 Å². The van der Waals surface area contributed by atoms with Crippen LogP contribution in [0.4, 0.5) is 14.5 Å². The van der Waals surface area contributed by atoms with Crippen molar-refractivity contribution in [1.29, 1.82) is 0 Å². The van der Waals surface area contributed by atoms with E-state index in [9.17, 15) is 13.6 Å². The van der Waals surface area contributed by atoms with Crippen LogP contribution in [0, 0.1) is 18.6 Å². The average molecular weight is 298 g/mol. The van der Waals surface area contributed by atoms with Crippen molar-refractivity contribution in [3.63, 3.8) is 0 Å². The molecule has 0 atom stereocenters. The summed E-state index contributed by atoms with van der Waals surface area (Å²) in [6.07, 6.45) is 1.53. The molecule has 0 aliphatic rings. The second-order valence-corrected chi connectivity index (χ2v) is 4.91. The highest BCUT2D eigenvalue weighted by atomic mass is 19.1. The fraction of sp³-hybridized carbons (Fsp3) is 0.0588. The third-order valence-electron chi connectivity index (χ3n) is 3.42. The minimum Gasteiger partial charge on any atom is -0.318 e. The van der Waals surface area contributed by atoms with Gasteiger partial charge in [-0.05, 0) is 36.1 Å². The lowest BCUT2D eigenvalue weighted by Gasteiger charge is -2.09. The van der Waals surface area contributed by atoms with E-state index in [0.29, 0.717) is 5.39 Å². The normalized spacial score (nSPS) is 10.7. The molecule has 0 aliphatic carbocycles. The highest BCUT2D eigenvalue weighted by molar-refractivity contribution is 6.11. The van der Waals surface area contributed by atoms with E-state index in [1.807, 2.05) is 25.1 Å². The Kier molecular flexibility index (Phi) is 3.55. The Labute approximate surface area is 125 Å². The summed E-state index contributed by atoms with van der Waals surface area (Å²) in [5.41, 5.74) is 1.13. The number of carbonyl (C=O) groups excluding carboxylic acids is 1. The lowest BCUT2D eigenvalue weighted by molar-refractivity contribution is 0.102. The summed E-state index contributed by atoms with van der Waals surface area (Å²) in [5, 5.41) is 4.01. The molecule has 5 heteroatoms. The van der Waals surface area contributed by atoms with Gasteiger partial charge in [0.15, 0.2) is 0 Å². The van der Waals surface area contributed by atoms with E-state index < -0.39 is 17.5 Å². The van der Waals surface area contributed by atoms with Gasteiger partial charge in [-0.25, -0.2) is 8.78 Å². The lowest BCUT2D eigenvalue weighted by Crippen LogP contribution is -2.15. The molecular weight excluding hydrogens is 286 g/mol. The third kappa shape index (κ3) is 2.53. The zero-order chi connectivity index (χ0) is 15.7. The summed E-state index contributed by atoms with van der Waals surface area (Å²) in [5.74, 6) is -2.07. The molecule has 3 aromatic rings. The van der Waals surface area contributed by atoms with Gasteiger partial charge in [0.1, 0.15) is 17.3 Å². The van der Waals surface area contributed by atoms with Crippen LogP contribution in [0.15, 0.2) is 48.7 Å². The zero-order valence-electron chi connectivity index (χ0n) is 11.7. The maximum absolute atomic E-state index is 13.6. The van der Waals surface area contributed by atoms with Crippen LogP contribution < -0.4 is 5.32 Å². The fourth-order valence-corrected chi connectivity index (χ4v) is 2.32. The van der Waals surface area contributed by atoms with E-state index >= 15 is 0 Å². The quantitative estimate of drug-likeness (QED) is 0.774. The molecule has 0 saturated carbocycles. The van der Waals surface area contributed by atoms with Crippen molar-refractivity contribution < 1.29 is 13.6 Å². The SMILES string of the molecule is Cc1cccc2c(C(=O)Nc3ccc(F)cc3F)nccc12. The lowest BCUT2D eigenvalue weighted by atomic mass is 10.0. The number of anilines is 1. The van der Waals surface area contributed by atoms with Crippen molar-refractivity contribution in [3.8, 4) is 0 Å². The van der Waals surface area contributed by atoms with E-state index in [1.165, 1.54) is 12.3 Å². The van der Waals surface area contributed by atoms with Crippen molar-refractivity contribution >= 4 is 22.4 Å². The minimum atomic E-state index is -0.829. The maximum Gasteiger partial charge on any atom is 0.274 e. The van der Waals surface area contributed by atoms with Gasteiger partial charge in [0.05, 0.1) is 5.69 Å². The van der Waals surface area contributed by atoms with Gasteiger partial charge >= 0.3 is 0 Å². The molecule has 1 amide bonds. The van der Waals surface area contributed by atoms with Gasteiger partial charge in [-0.3, -0.25) is 9.78 Å². The molecule has 22 heavy (non-hydrogen) atoms. The van der Waals surface area contributed by atoms with Gasteiger partial charge in [0.25, 0.3) is 5.91 Å². The number of halogens is 2. The second-order valence-electron chi connectivity index (χ2n) is 4.91. The summed E-state index contributed by atoms with van der Waals surface area (Å²) < 4.78 is 26.5. The molecule has 0 aliphatic heterocycles. The number of benzene rings is 2. The second kappa shape index (κ2) is 5.52. The monoisotopic (exact) mass is 298 g/mol. The van der Waals surface area contributed by atoms with Gasteiger partial charge < -0.3 is 5.32 Å². The Hall–Kier alpha value is -2.82. The van der Waals surface area contributed by atoms with Crippen LogP contribution in [0.1, 0.15) is 16.1 Å². The molecule has 0 spiro atoms. The van der Waals surface area contributed by atoms with E-state index in [2.05, 4.69) is 10.3 Å². The van der Waals surface area contributed by atoms with Crippen LogP contribution in [0.25, 0.3) is 10.8 Å². The summed E-state index contributed by atoms with van der Waals surface area (Å²) >= 11 is 0. The molecule has 3 rings (SSSR count). The molecule has 0 fully saturated rings. The van der Waals surface area contributed by atoms with E-state index in [4.69, 9.17) is 0 Å². The number of nitrogens with one attached hydrogen (secondary N) is 1. The fourth-order valence-electron chi connectivity index (χ4n) is 2.32. The first-order valence-electron chi connectivity index (χ1n) is 6.67. The smallest absolute Gasteiger partial charge is 0.274 e. The first kappa shape index (κ1) is 14.1. The number of hydrogen-bond donors (Lipinski definition) is 1. The largest absolute Gasteiger partial charge is 0.318 e. The van der Waals surface area contributed by atoms with E-state index in [0.717, 1.165) is 23.1 Å². The molecule has 1 aromatic heterocycles. The highest BCUT2D eigenvalue weighted by Gasteiger charge is 2.14. The molecule has 3 nitrogen and oxygen atoms in total. The van der Waals surface area contributed by atoms with Crippen LogP contribution in [0.2, 0.25) is 0 Å². The number of amides is 1. The Balaban J connectivity index is 2.01. The van der Waals surface area contributed by atoms with Gasteiger partial charge in [-0.2, -0.15) is 0 Å². The number of carbonyl (C=O) groups is 1. The van der Waals surface area contributed by atoms with Gasteiger partial charge in [-0.1, -0.05) is 18.2 Å². The Morgan fingerprint density at radius 1 is 1.09 bits per heavy atom. The number of nitrogens with zero attached hydrogens (tertiary/aromatic N) is 1. The number of hydrogen-bond acceptors (Lipinski definition) is 2. The predicted octanol–water partition coefficient (Wildman–Crippen LogP) is 4.07. The summed E-state index contributed by atoms with van der Waals surface area (Å²) in [4.78, 5) is 16.4. The average Bonchev–Trinajstić information content (AvgIpc) is 2.50. The first-order valence-corrected chi connectivity index (χ1v) is 6.67. The molecular formula is C17H12F2N2O. The number of aryl methyl sites for hydroxylation is 1. The summed E-state index contributed by atoms with van der Waals surface area (Å²) in [6, 6.07) is 10.3. The molecule has 0 saturated heterocycles. The summed E-state index contributed by atoms with van der Waals surface area (Å²) in [6.45, 7) is 1.93. The van der Waals surface area contributed by atoms with Gasteiger partial charge in [0.2, 0.25) is 0 Å². The Morgan fingerprint density at radius 3 is 2.68 bits per heavy atom. The Morgan fingerprint density at radius 2 is 1.91 bits per heavy atom. The van der Waals surface area contributed by atoms with Crippen LogP contribution in [-0.4, -0.2) is 10.9 Å².